The Balaban J connectivity index is 3.32. The molecule has 0 aliphatic carbocycles. The van der Waals surface area contributed by atoms with Crippen LogP contribution in [-0.2, 0) is 14.8 Å². The van der Waals surface area contributed by atoms with Crippen molar-refractivity contribution in [2.24, 2.45) is 0 Å². The third-order valence-electron chi connectivity index (χ3n) is 1.76. The predicted octanol–water partition coefficient (Wildman–Crippen LogP) is 0.852. The van der Waals surface area contributed by atoms with E-state index in [1.807, 2.05) is 4.72 Å². The molecule has 0 aromatic heterocycles. The Bertz CT molecular complexity index is 441. The lowest BCUT2D eigenvalue weighted by atomic mass is 10.2. The molecule has 0 bridgehead atoms. The molecule has 1 N–H and O–H groups in total. The highest BCUT2D eigenvalue weighted by atomic mass is 32.2. The lowest BCUT2D eigenvalue weighted by Crippen LogP contribution is -2.20. The summed E-state index contributed by atoms with van der Waals surface area (Å²) >= 11 is 0. The van der Waals surface area contributed by atoms with Crippen LogP contribution < -0.4 is 4.72 Å². The van der Waals surface area contributed by atoms with E-state index >= 15 is 0 Å². The van der Waals surface area contributed by atoms with Gasteiger partial charge in [-0.05, 0) is 19.9 Å². The third-order valence-corrected chi connectivity index (χ3v) is 3.14. The minimum atomic E-state index is -3.63. The second kappa shape index (κ2) is 3.79. The first-order valence-corrected chi connectivity index (χ1v) is 5.58. The van der Waals surface area contributed by atoms with Crippen molar-refractivity contribution in [1.82, 2.24) is 4.72 Å². The van der Waals surface area contributed by atoms with Gasteiger partial charge in [0, 0.05) is 0 Å². The molecule has 5 heteroatoms. The number of sulfonamides is 1. The number of amides is 1. The van der Waals surface area contributed by atoms with Crippen LogP contribution in [0.5, 0.6) is 0 Å². The largest absolute Gasteiger partial charge is 0.268 e. The molecule has 0 unspecified atom stereocenters. The molecule has 0 aromatic carbocycles. The molecule has 0 saturated carbocycles. The summed E-state index contributed by atoms with van der Waals surface area (Å²) < 4.78 is 24.7. The van der Waals surface area contributed by atoms with Gasteiger partial charge in [0.1, 0.15) is 0 Å². The van der Waals surface area contributed by atoms with Crippen molar-refractivity contribution >= 4 is 15.9 Å². The van der Waals surface area contributed by atoms with Gasteiger partial charge in [-0.15, -0.1) is 0 Å². The highest BCUT2D eigenvalue weighted by molar-refractivity contribution is 7.95. The smallest absolute Gasteiger partial charge is 0.266 e. The van der Waals surface area contributed by atoms with E-state index in [9.17, 15) is 13.2 Å². The van der Waals surface area contributed by atoms with Gasteiger partial charge < -0.3 is 0 Å². The molecular formula is C9H11NO3S. The number of allylic oxidation sites excluding steroid dienone is 4. The summed E-state index contributed by atoms with van der Waals surface area (Å²) in [5.74, 6) is -0.566. The summed E-state index contributed by atoms with van der Waals surface area (Å²) in [5.41, 5.74) is 0.197. The van der Waals surface area contributed by atoms with E-state index in [4.69, 9.17) is 0 Å². The molecule has 1 fully saturated rings. The zero-order valence-electron chi connectivity index (χ0n) is 7.94. The maximum Gasteiger partial charge on any atom is 0.266 e. The maximum atomic E-state index is 11.4. The van der Waals surface area contributed by atoms with E-state index in [1.54, 1.807) is 26.0 Å². The van der Waals surface area contributed by atoms with E-state index in [0.717, 1.165) is 0 Å². The molecule has 14 heavy (non-hydrogen) atoms. The van der Waals surface area contributed by atoms with Gasteiger partial charge in [0.25, 0.3) is 15.9 Å². The normalized spacial score (nSPS) is 26.3. The van der Waals surface area contributed by atoms with Crippen molar-refractivity contribution in [3.63, 3.8) is 0 Å². The molecule has 1 saturated heterocycles. The fourth-order valence-electron chi connectivity index (χ4n) is 1.12. The van der Waals surface area contributed by atoms with Gasteiger partial charge in [0.2, 0.25) is 0 Å². The molecule has 4 nitrogen and oxygen atoms in total. The Morgan fingerprint density at radius 2 is 1.93 bits per heavy atom. The Labute approximate surface area is 83.1 Å². The Kier molecular flexibility index (Phi) is 2.90. The quantitative estimate of drug-likeness (QED) is 0.657. The van der Waals surface area contributed by atoms with Crippen LogP contribution >= 0.6 is 0 Å². The molecule has 0 atom stereocenters. The SMILES string of the molecule is C\C=C/C=C1\C(=C/C)C(=O)NS1(=O)=O. The lowest BCUT2D eigenvalue weighted by Gasteiger charge is -1.92. The van der Waals surface area contributed by atoms with Gasteiger partial charge in [0.05, 0.1) is 10.5 Å². The van der Waals surface area contributed by atoms with Gasteiger partial charge in [0.15, 0.2) is 0 Å². The van der Waals surface area contributed by atoms with Gasteiger partial charge in [-0.2, -0.15) is 0 Å². The van der Waals surface area contributed by atoms with E-state index in [1.165, 1.54) is 12.2 Å². The van der Waals surface area contributed by atoms with Crippen LogP contribution in [0.2, 0.25) is 0 Å². The standard InChI is InChI=1S/C9H11NO3S/c1-3-5-6-8-7(4-2)9(11)10-14(8,12)13/h3-6H,1-2H3,(H,10,11)/b5-3-,7-4+,8-6+. The van der Waals surface area contributed by atoms with E-state index < -0.39 is 15.9 Å². The second-order valence-corrected chi connectivity index (χ2v) is 4.34. The average Bonchev–Trinajstić information content (AvgIpc) is 2.31. The number of hydrogen-bond acceptors (Lipinski definition) is 3. The van der Waals surface area contributed by atoms with Crippen LogP contribution in [0.4, 0.5) is 0 Å². The molecule has 0 spiro atoms. The van der Waals surface area contributed by atoms with Crippen LogP contribution in [0.1, 0.15) is 13.8 Å². The monoisotopic (exact) mass is 213 g/mol. The fraction of sp³-hybridized carbons (Fsp3) is 0.222. The molecule has 1 aliphatic heterocycles. The number of rotatable bonds is 1. The van der Waals surface area contributed by atoms with Crippen molar-refractivity contribution in [3.05, 3.63) is 34.8 Å². The van der Waals surface area contributed by atoms with Crippen LogP contribution in [-0.4, -0.2) is 14.3 Å². The zero-order chi connectivity index (χ0) is 10.8. The van der Waals surface area contributed by atoms with Crippen LogP contribution in [0, 0.1) is 0 Å². The third kappa shape index (κ3) is 1.77. The van der Waals surface area contributed by atoms with E-state index in [-0.39, 0.29) is 10.5 Å². The Hall–Kier alpha value is -1.36. The first-order valence-electron chi connectivity index (χ1n) is 4.09. The summed E-state index contributed by atoms with van der Waals surface area (Å²) in [5, 5.41) is 0. The predicted molar refractivity (Wildman–Crippen MR) is 53.7 cm³/mol. The molecule has 1 aliphatic rings. The minimum absolute atomic E-state index is 0.0306. The van der Waals surface area contributed by atoms with Crippen molar-refractivity contribution in [2.45, 2.75) is 13.8 Å². The molecule has 1 heterocycles. The molecule has 0 radical (unpaired) electrons. The first-order chi connectivity index (χ1) is 6.53. The summed E-state index contributed by atoms with van der Waals surface area (Å²) in [6, 6.07) is 0. The Morgan fingerprint density at radius 3 is 2.43 bits per heavy atom. The van der Waals surface area contributed by atoms with Gasteiger partial charge in [-0.3, -0.25) is 4.79 Å². The van der Waals surface area contributed by atoms with Crippen LogP contribution in [0.3, 0.4) is 0 Å². The van der Waals surface area contributed by atoms with Gasteiger partial charge in [-0.1, -0.05) is 18.2 Å². The van der Waals surface area contributed by atoms with Gasteiger partial charge in [-0.25, -0.2) is 13.1 Å². The topological polar surface area (TPSA) is 63.2 Å². The maximum absolute atomic E-state index is 11.4. The zero-order valence-corrected chi connectivity index (χ0v) is 8.76. The van der Waals surface area contributed by atoms with E-state index in [2.05, 4.69) is 0 Å². The van der Waals surface area contributed by atoms with Crippen molar-refractivity contribution in [3.8, 4) is 0 Å². The van der Waals surface area contributed by atoms with Crippen LogP contribution in [0.25, 0.3) is 0 Å². The van der Waals surface area contributed by atoms with Crippen LogP contribution in [0.15, 0.2) is 34.8 Å². The molecular weight excluding hydrogens is 202 g/mol. The summed E-state index contributed by atoms with van der Waals surface area (Å²) in [7, 11) is -3.63. The number of nitrogens with one attached hydrogen (secondary N) is 1. The summed E-state index contributed by atoms with van der Waals surface area (Å²) in [6.45, 7) is 3.39. The second-order valence-electron chi connectivity index (χ2n) is 2.69. The van der Waals surface area contributed by atoms with Crippen molar-refractivity contribution in [1.29, 1.82) is 0 Å². The Morgan fingerprint density at radius 1 is 1.29 bits per heavy atom. The van der Waals surface area contributed by atoms with E-state index in [0.29, 0.717) is 0 Å². The minimum Gasteiger partial charge on any atom is -0.268 e. The number of carbonyl (C=O) groups is 1. The van der Waals surface area contributed by atoms with Crippen molar-refractivity contribution in [2.75, 3.05) is 0 Å². The van der Waals surface area contributed by atoms with Crippen molar-refractivity contribution < 1.29 is 13.2 Å². The summed E-state index contributed by atoms with van der Waals surface area (Å²) in [6.07, 6.45) is 6.16. The lowest BCUT2D eigenvalue weighted by molar-refractivity contribution is -0.115. The highest BCUT2D eigenvalue weighted by Gasteiger charge is 2.34. The average molecular weight is 213 g/mol. The molecule has 1 amide bonds. The highest BCUT2D eigenvalue weighted by Crippen LogP contribution is 2.23. The number of hydrogen-bond donors (Lipinski definition) is 1. The first kappa shape index (κ1) is 10.7. The molecule has 76 valence electrons. The molecule has 1 rings (SSSR count). The summed E-state index contributed by atoms with van der Waals surface area (Å²) in [4.78, 5) is 11.2. The fourth-order valence-corrected chi connectivity index (χ4v) is 2.35. The number of carbonyl (C=O) groups excluding carboxylic acids is 1. The molecule has 0 aromatic rings. The van der Waals surface area contributed by atoms with Gasteiger partial charge >= 0.3 is 0 Å².